The van der Waals surface area contributed by atoms with Gasteiger partial charge in [0.15, 0.2) is 0 Å². The average Bonchev–Trinajstić information content (AvgIpc) is 2.37. The third kappa shape index (κ3) is 3.04. The summed E-state index contributed by atoms with van der Waals surface area (Å²) in [6, 6.07) is 6.15. The summed E-state index contributed by atoms with van der Waals surface area (Å²) in [4.78, 5) is 8.80. The highest BCUT2D eigenvalue weighted by Gasteiger charge is 2.08. The van der Waals surface area contributed by atoms with Crippen molar-refractivity contribution in [2.75, 3.05) is 17.7 Å². The monoisotopic (exact) mass is 320 g/mol. The highest BCUT2D eigenvalue weighted by atomic mass is 79.9. The van der Waals surface area contributed by atoms with E-state index in [9.17, 15) is 0 Å². The fraction of sp³-hybridized carbons (Fsp3) is 0.286. The summed E-state index contributed by atoms with van der Waals surface area (Å²) in [5, 5.41) is 6.42. The van der Waals surface area contributed by atoms with Crippen LogP contribution in [0.25, 0.3) is 0 Å². The van der Waals surface area contributed by atoms with Crippen molar-refractivity contribution >= 4 is 33.3 Å². The van der Waals surface area contributed by atoms with Crippen LogP contribution in [-0.4, -0.2) is 17.0 Å². The van der Waals surface area contributed by atoms with Crippen molar-refractivity contribution in [1.29, 1.82) is 0 Å². The van der Waals surface area contributed by atoms with Gasteiger partial charge in [0.25, 0.3) is 0 Å². The van der Waals surface area contributed by atoms with E-state index in [0.717, 1.165) is 33.2 Å². The molecule has 2 N–H and O–H groups in total. The first-order valence-electron chi connectivity index (χ1n) is 6.07. The highest BCUT2D eigenvalue weighted by molar-refractivity contribution is 9.10. The molecule has 0 fully saturated rings. The van der Waals surface area contributed by atoms with Crippen LogP contribution in [0.4, 0.5) is 17.3 Å². The number of hydrogen-bond donors (Lipinski definition) is 2. The highest BCUT2D eigenvalue weighted by Crippen LogP contribution is 2.26. The van der Waals surface area contributed by atoms with Crippen molar-refractivity contribution in [3.8, 4) is 0 Å². The molecule has 0 saturated heterocycles. The Morgan fingerprint density at radius 1 is 1.05 bits per heavy atom. The number of hydrogen-bond acceptors (Lipinski definition) is 4. The number of anilines is 3. The van der Waals surface area contributed by atoms with E-state index < -0.39 is 0 Å². The van der Waals surface area contributed by atoms with Crippen molar-refractivity contribution in [3.63, 3.8) is 0 Å². The second-order valence-electron chi connectivity index (χ2n) is 4.43. The minimum atomic E-state index is 0.739. The molecule has 19 heavy (non-hydrogen) atoms. The zero-order chi connectivity index (χ0) is 14.0. The van der Waals surface area contributed by atoms with Crippen LogP contribution in [0.2, 0.25) is 0 Å². The molecular formula is C14H17BrN4. The Morgan fingerprint density at radius 2 is 1.74 bits per heavy atom. The summed E-state index contributed by atoms with van der Waals surface area (Å²) in [5.41, 5.74) is 3.21. The number of aromatic nitrogens is 2. The van der Waals surface area contributed by atoms with Crippen LogP contribution in [0, 0.1) is 20.8 Å². The zero-order valence-electron chi connectivity index (χ0n) is 11.5. The van der Waals surface area contributed by atoms with Gasteiger partial charge in [-0.2, -0.15) is 0 Å². The van der Waals surface area contributed by atoms with Gasteiger partial charge in [0, 0.05) is 22.8 Å². The van der Waals surface area contributed by atoms with Crippen molar-refractivity contribution in [2.45, 2.75) is 20.8 Å². The fourth-order valence-electron chi connectivity index (χ4n) is 1.80. The third-order valence-corrected chi connectivity index (χ3v) is 3.78. The maximum atomic E-state index is 4.45. The SMILES string of the molecule is CNc1nc(C)nc(Nc2ccc(C)c(Br)c2)c1C. The zero-order valence-corrected chi connectivity index (χ0v) is 13.1. The summed E-state index contributed by atoms with van der Waals surface area (Å²) >= 11 is 3.54. The molecule has 0 atom stereocenters. The summed E-state index contributed by atoms with van der Waals surface area (Å²) in [6.07, 6.45) is 0. The van der Waals surface area contributed by atoms with Gasteiger partial charge in [0.1, 0.15) is 17.5 Å². The summed E-state index contributed by atoms with van der Waals surface area (Å²) in [7, 11) is 1.86. The Labute approximate surface area is 121 Å². The molecule has 0 aliphatic rings. The van der Waals surface area contributed by atoms with Crippen molar-refractivity contribution in [3.05, 3.63) is 39.6 Å². The van der Waals surface area contributed by atoms with Crippen LogP contribution in [0.3, 0.4) is 0 Å². The molecule has 100 valence electrons. The Balaban J connectivity index is 2.37. The summed E-state index contributed by atoms with van der Waals surface area (Å²) < 4.78 is 1.08. The predicted octanol–water partition coefficient (Wildman–Crippen LogP) is 3.95. The molecule has 2 aromatic rings. The molecule has 1 aromatic carbocycles. The van der Waals surface area contributed by atoms with Gasteiger partial charge in [-0.25, -0.2) is 9.97 Å². The van der Waals surface area contributed by atoms with Crippen molar-refractivity contribution in [2.24, 2.45) is 0 Å². The number of benzene rings is 1. The molecule has 2 rings (SSSR count). The van der Waals surface area contributed by atoms with Crippen molar-refractivity contribution in [1.82, 2.24) is 9.97 Å². The fourth-order valence-corrected chi connectivity index (χ4v) is 2.18. The minimum Gasteiger partial charge on any atom is -0.373 e. The van der Waals surface area contributed by atoms with E-state index in [-0.39, 0.29) is 0 Å². The lowest BCUT2D eigenvalue weighted by atomic mass is 10.2. The quantitative estimate of drug-likeness (QED) is 0.899. The first-order valence-corrected chi connectivity index (χ1v) is 6.86. The topological polar surface area (TPSA) is 49.8 Å². The Kier molecular flexibility index (Phi) is 4.04. The third-order valence-electron chi connectivity index (χ3n) is 2.93. The van der Waals surface area contributed by atoms with Gasteiger partial charge in [-0.1, -0.05) is 22.0 Å². The van der Waals surface area contributed by atoms with E-state index in [1.54, 1.807) is 0 Å². The molecule has 0 aliphatic carbocycles. The molecule has 0 bridgehead atoms. The van der Waals surface area contributed by atoms with Crippen LogP contribution in [-0.2, 0) is 0 Å². The van der Waals surface area contributed by atoms with Crippen molar-refractivity contribution < 1.29 is 0 Å². The largest absolute Gasteiger partial charge is 0.373 e. The first kappa shape index (κ1) is 13.8. The lowest BCUT2D eigenvalue weighted by Crippen LogP contribution is -2.05. The molecule has 0 radical (unpaired) electrons. The molecule has 4 nitrogen and oxygen atoms in total. The first-order chi connectivity index (χ1) is 9.01. The molecule has 0 saturated carbocycles. The maximum Gasteiger partial charge on any atom is 0.139 e. The normalized spacial score (nSPS) is 10.4. The lowest BCUT2D eigenvalue weighted by molar-refractivity contribution is 1.03. The predicted molar refractivity (Wildman–Crippen MR) is 83.2 cm³/mol. The maximum absolute atomic E-state index is 4.45. The molecule has 0 spiro atoms. The molecule has 0 aliphatic heterocycles. The summed E-state index contributed by atoms with van der Waals surface area (Å²) in [5.74, 6) is 2.41. The number of rotatable bonds is 3. The van der Waals surface area contributed by atoms with Gasteiger partial charge >= 0.3 is 0 Å². The van der Waals surface area contributed by atoms with Gasteiger partial charge in [0.2, 0.25) is 0 Å². The van der Waals surface area contributed by atoms with Crippen LogP contribution in [0.15, 0.2) is 22.7 Å². The molecule has 0 amide bonds. The average molecular weight is 321 g/mol. The molecule has 0 unspecified atom stereocenters. The number of halogens is 1. The Bertz CT molecular complexity index is 611. The Hall–Kier alpha value is -1.62. The van der Waals surface area contributed by atoms with E-state index in [2.05, 4.69) is 49.5 Å². The molecule has 1 heterocycles. The van der Waals surface area contributed by atoms with Gasteiger partial charge in [-0.3, -0.25) is 0 Å². The summed E-state index contributed by atoms with van der Waals surface area (Å²) in [6.45, 7) is 5.94. The second kappa shape index (κ2) is 5.57. The molecular weight excluding hydrogens is 304 g/mol. The molecule has 1 aromatic heterocycles. The van der Waals surface area contributed by atoms with Gasteiger partial charge in [0.05, 0.1) is 0 Å². The van der Waals surface area contributed by atoms with Crippen LogP contribution in [0.1, 0.15) is 17.0 Å². The van der Waals surface area contributed by atoms with Crippen LogP contribution in [0.5, 0.6) is 0 Å². The van der Waals surface area contributed by atoms with Gasteiger partial charge in [-0.15, -0.1) is 0 Å². The van der Waals surface area contributed by atoms with E-state index >= 15 is 0 Å². The number of nitrogens with one attached hydrogen (secondary N) is 2. The van der Waals surface area contributed by atoms with E-state index in [1.165, 1.54) is 5.56 Å². The number of nitrogens with zero attached hydrogens (tertiary/aromatic N) is 2. The second-order valence-corrected chi connectivity index (χ2v) is 5.29. The lowest BCUT2D eigenvalue weighted by Gasteiger charge is -2.13. The smallest absolute Gasteiger partial charge is 0.139 e. The minimum absolute atomic E-state index is 0.739. The standard InChI is InChI=1S/C14H17BrN4/c1-8-5-6-11(7-12(8)15)19-14-9(2)13(16-4)17-10(3)18-14/h5-7H,1-4H3,(H2,16,17,18,19). The van der Waals surface area contributed by atoms with E-state index in [0.29, 0.717) is 0 Å². The van der Waals surface area contributed by atoms with Crippen LogP contribution >= 0.6 is 15.9 Å². The van der Waals surface area contributed by atoms with Gasteiger partial charge < -0.3 is 10.6 Å². The Morgan fingerprint density at radius 3 is 2.37 bits per heavy atom. The number of aryl methyl sites for hydroxylation is 2. The molecule has 5 heteroatoms. The van der Waals surface area contributed by atoms with E-state index in [4.69, 9.17) is 0 Å². The van der Waals surface area contributed by atoms with E-state index in [1.807, 2.05) is 33.0 Å². The van der Waals surface area contributed by atoms with Crippen LogP contribution < -0.4 is 10.6 Å². The van der Waals surface area contributed by atoms with Gasteiger partial charge in [-0.05, 0) is 38.5 Å².